The zero-order valence-electron chi connectivity index (χ0n) is 12.8. The molecular weight excluding hydrogens is 267 g/mol. The van der Waals surface area contributed by atoms with E-state index in [2.05, 4.69) is 11.9 Å². The fraction of sp³-hybridized carbons (Fsp3) is 0.706. The molecule has 2 fully saturated rings. The van der Waals surface area contributed by atoms with Crippen LogP contribution in [0, 0.1) is 11.7 Å². The van der Waals surface area contributed by atoms with E-state index in [0.717, 1.165) is 44.4 Å². The molecule has 3 rings (SSSR count). The maximum Gasteiger partial charge on any atom is 0.141 e. The first-order valence-electron chi connectivity index (χ1n) is 8.13. The summed E-state index contributed by atoms with van der Waals surface area (Å²) in [6.07, 6.45) is 8.88. The molecule has 2 heterocycles. The van der Waals surface area contributed by atoms with Crippen molar-refractivity contribution in [1.82, 2.24) is 4.98 Å². The Hall–Kier alpha value is -1.00. The third-order valence-electron chi connectivity index (χ3n) is 5.53. The molecule has 1 aromatic heterocycles. The molecule has 1 saturated carbocycles. The summed E-state index contributed by atoms with van der Waals surface area (Å²) in [7, 11) is 0. The van der Waals surface area contributed by atoms with Crippen molar-refractivity contribution in [2.45, 2.75) is 63.0 Å². The third-order valence-corrected chi connectivity index (χ3v) is 5.53. The highest BCUT2D eigenvalue weighted by atomic mass is 19.1. The molecule has 116 valence electrons. The second-order valence-corrected chi connectivity index (χ2v) is 6.68. The molecule has 0 aromatic carbocycles. The van der Waals surface area contributed by atoms with Gasteiger partial charge in [-0.2, -0.15) is 0 Å². The van der Waals surface area contributed by atoms with Crippen LogP contribution < -0.4 is 5.73 Å². The molecule has 0 radical (unpaired) electrons. The molecule has 1 aromatic rings. The summed E-state index contributed by atoms with van der Waals surface area (Å²) in [5.41, 5.74) is 7.13. The van der Waals surface area contributed by atoms with Gasteiger partial charge in [-0.3, -0.25) is 4.98 Å². The molecule has 4 heteroatoms. The fourth-order valence-corrected chi connectivity index (χ4v) is 4.17. The van der Waals surface area contributed by atoms with Gasteiger partial charge in [-0.1, -0.05) is 19.8 Å². The number of rotatable bonds is 3. The van der Waals surface area contributed by atoms with Gasteiger partial charge in [-0.15, -0.1) is 0 Å². The van der Waals surface area contributed by atoms with Gasteiger partial charge in [-0.05, 0) is 50.2 Å². The van der Waals surface area contributed by atoms with Crippen LogP contribution in [0.1, 0.15) is 57.6 Å². The van der Waals surface area contributed by atoms with E-state index in [1.54, 1.807) is 6.07 Å². The molecule has 2 N–H and O–H groups in total. The Morgan fingerprint density at radius 2 is 2.19 bits per heavy atom. The molecule has 0 amide bonds. The normalized spacial score (nSPS) is 27.7. The van der Waals surface area contributed by atoms with Crippen LogP contribution >= 0.6 is 0 Å². The van der Waals surface area contributed by atoms with Gasteiger partial charge in [0.15, 0.2) is 0 Å². The van der Waals surface area contributed by atoms with Gasteiger partial charge in [0, 0.05) is 6.61 Å². The van der Waals surface area contributed by atoms with Crippen LogP contribution in [-0.4, -0.2) is 17.2 Å². The first kappa shape index (κ1) is 14.9. The fourth-order valence-electron chi connectivity index (χ4n) is 4.17. The Kier molecular flexibility index (Phi) is 4.02. The van der Waals surface area contributed by atoms with E-state index in [0.29, 0.717) is 5.92 Å². The second-order valence-electron chi connectivity index (χ2n) is 6.68. The number of hydrogen-bond donors (Lipinski definition) is 1. The van der Waals surface area contributed by atoms with Crippen LogP contribution in [-0.2, 0) is 10.3 Å². The van der Waals surface area contributed by atoms with Gasteiger partial charge < -0.3 is 10.5 Å². The quantitative estimate of drug-likeness (QED) is 0.927. The monoisotopic (exact) mass is 292 g/mol. The van der Waals surface area contributed by atoms with Gasteiger partial charge in [0.25, 0.3) is 0 Å². The summed E-state index contributed by atoms with van der Waals surface area (Å²) in [4.78, 5) is 4.27. The maximum absolute atomic E-state index is 13.1. The summed E-state index contributed by atoms with van der Waals surface area (Å²) in [5, 5.41) is 0. The Morgan fingerprint density at radius 3 is 2.81 bits per heavy atom. The lowest BCUT2D eigenvalue weighted by atomic mass is 9.70. The van der Waals surface area contributed by atoms with Crippen molar-refractivity contribution in [2.24, 2.45) is 11.7 Å². The predicted molar refractivity (Wildman–Crippen MR) is 80.2 cm³/mol. The molecule has 0 bridgehead atoms. The molecule has 2 atom stereocenters. The van der Waals surface area contributed by atoms with E-state index in [1.807, 2.05) is 0 Å². The number of pyridine rings is 1. The van der Waals surface area contributed by atoms with Crippen LogP contribution in [0.5, 0.6) is 0 Å². The summed E-state index contributed by atoms with van der Waals surface area (Å²) in [6.45, 7) is 2.88. The number of nitrogens with zero attached hydrogens (tertiary/aromatic N) is 1. The highest BCUT2D eigenvalue weighted by Gasteiger charge is 2.46. The minimum Gasteiger partial charge on any atom is -0.375 e. The Morgan fingerprint density at radius 1 is 1.43 bits per heavy atom. The predicted octanol–water partition coefficient (Wildman–Crippen LogP) is 3.52. The SMILES string of the molecule is CCC(N)(c1ccc(F)cn1)C1CCOC2(CCCC2)C1. The van der Waals surface area contributed by atoms with Crippen molar-refractivity contribution < 1.29 is 9.13 Å². The standard InChI is InChI=1S/C17H25FN2O/c1-2-17(19,15-6-5-14(18)12-20-15)13-7-10-21-16(11-13)8-3-4-9-16/h5-6,12-13H,2-4,7-11,19H2,1H3. The summed E-state index contributed by atoms with van der Waals surface area (Å²) < 4.78 is 19.3. The molecule has 1 aliphatic carbocycles. The van der Waals surface area contributed by atoms with Crippen LogP contribution in [0.3, 0.4) is 0 Å². The smallest absolute Gasteiger partial charge is 0.141 e. The van der Waals surface area contributed by atoms with Crippen molar-refractivity contribution in [1.29, 1.82) is 0 Å². The highest BCUT2D eigenvalue weighted by molar-refractivity contribution is 5.18. The zero-order chi connectivity index (χ0) is 14.9. The number of halogens is 1. The molecule has 2 aliphatic rings. The van der Waals surface area contributed by atoms with E-state index in [-0.39, 0.29) is 11.4 Å². The topological polar surface area (TPSA) is 48.1 Å². The van der Waals surface area contributed by atoms with E-state index in [4.69, 9.17) is 10.5 Å². The number of ether oxygens (including phenoxy) is 1. The maximum atomic E-state index is 13.1. The lowest BCUT2D eigenvalue weighted by Gasteiger charge is -2.45. The number of nitrogens with two attached hydrogens (primary N) is 1. The van der Waals surface area contributed by atoms with Gasteiger partial charge in [-0.25, -0.2) is 4.39 Å². The van der Waals surface area contributed by atoms with Crippen LogP contribution in [0.25, 0.3) is 0 Å². The molecule has 1 aliphatic heterocycles. The average Bonchev–Trinajstić information content (AvgIpc) is 2.95. The summed E-state index contributed by atoms with van der Waals surface area (Å²) >= 11 is 0. The average molecular weight is 292 g/mol. The lowest BCUT2D eigenvalue weighted by molar-refractivity contribution is -0.106. The summed E-state index contributed by atoms with van der Waals surface area (Å²) in [6, 6.07) is 3.21. The van der Waals surface area contributed by atoms with Gasteiger partial charge in [0.1, 0.15) is 5.82 Å². The van der Waals surface area contributed by atoms with E-state index in [1.165, 1.54) is 25.1 Å². The van der Waals surface area contributed by atoms with E-state index in [9.17, 15) is 4.39 Å². The van der Waals surface area contributed by atoms with Crippen molar-refractivity contribution in [3.05, 3.63) is 29.8 Å². The molecule has 1 spiro atoms. The van der Waals surface area contributed by atoms with Crippen molar-refractivity contribution in [2.75, 3.05) is 6.61 Å². The molecular formula is C17H25FN2O. The molecule has 3 nitrogen and oxygen atoms in total. The Labute approximate surface area is 126 Å². The molecule has 1 saturated heterocycles. The van der Waals surface area contributed by atoms with Gasteiger partial charge in [0.05, 0.1) is 23.0 Å². The number of hydrogen-bond acceptors (Lipinski definition) is 3. The minimum atomic E-state index is -0.479. The van der Waals surface area contributed by atoms with E-state index >= 15 is 0 Å². The molecule has 2 unspecified atom stereocenters. The molecule has 21 heavy (non-hydrogen) atoms. The number of aromatic nitrogens is 1. The van der Waals surface area contributed by atoms with Gasteiger partial charge in [0.2, 0.25) is 0 Å². The zero-order valence-corrected chi connectivity index (χ0v) is 12.8. The summed E-state index contributed by atoms with van der Waals surface area (Å²) in [5.74, 6) is 0.0451. The van der Waals surface area contributed by atoms with Gasteiger partial charge >= 0.3 is 0 Å². The van der Waals surface area contributed by atoms with E-state index < -0.39 is 5.54 Å². The van der Waals surface area contributed by atoms with Crippen LogP contribution in [0.15, 0.2) is 18.3 Å². The Balaban J connectivity index is 1.86. The Bertz CT molecular complexity index is 484. The third kappa shape index (κ3) is 2.71. The largest absolute Gasteiger partial charge is 0.375 e. The lowest BCUT2D eigenvalue weighted by Crippen LogP contribution is -2.51. The van der Waals surface area contributed by atoms with Crippen molar-refractivity contribution in [3.8, 4) is 0 Å². The second kappa shape index (κ2) is 5.65. The minimum absolute atomic E-state index is 0.0444. The van der Waals surface area contributed by atoms with Crippen LogP contribution in [0.2, 0.25) is 0 Å². The first-order valence-corrected chi connectivity index (χ1v) is 8.13. The first-order chi connectivity index (χ1) is 10.1. The van der Waals surface area contributed by atoms with Crippen molar-refractivity contribution in [3.63, 3.8) is 0 Å². The van der Waals surface area contributed by atoms with Crippen molar-refractivity contribution >= 4 is 0 Å². The highest BCUT2D eigenvalue weighted by Crippen LogP contribution is 2.47. The van der Waals surface area contributed by atoms with Crippen LogP contribution in [0.4, 0.5) is 4.39 Å².